The fourth-order valence-corrected chi connectivity index (χ4v) is 10.8. The van der Waals surface area contributed by atoms with E-state index < -0.39 is 53.3 Å². The number of ether oxygens (including phenoxy) is 2. The number of esters is 1. The Hall–Kier alpha value is -6.20. The highest BCUT2D eigenvalue weighted by Crippen LogP contribution is 2.34. The zero-order chi connectivity index (χ0) is 65.6. The number of aromatic hydroxyl groups is 1. The van der Waals surface area contributed by atoms with Crippen LogP contribution in [0.5, 0.6) is 5.75 Å². The number of likely N-dealkylation sites (tertiary alicyclic amines) is 1. The number of likely N-dealkylation sites (N-methyl/N-ethyl adjacent to an activating group) is 1. The summed E-state index contributed by atoms with van der Waals surface area (Å²) in [6, 6.07) is 3.32. The molecular formula is C62H97N7O15S2. The first-order chi connectivity index (χ1) is 40.4. The Morgan fingerprint density at radius 1 is 0.942 bits per heavy atom. The number of ketones is 3. The van der Waals surface area contributed by atoms with Gasteiger partial charge in [-0.2, -0.15) is 21.4 Å². The minimum Gasteiger partial charge on any atom is -0.506 e. The second-order valence-corrected chi connectivity index (χ2v) is 24.7. The van der Waals surface area contributed by atoms with Gasteiger partial charge in [-0.05, 0) is 103 Å². The molecule has 4 N–H and O–H groups in total. The summed E-state index contributed by atoms with van der Waals surface area (Å²) in [6.07, 6.45) is 6.65. The summed E-state index contributed by atoms with van der Waals surface area (Å²) >= 11 is 2.60. The number of nitrogens with zero attached hydrogens (tertiary/aromatic N) is 4. The molecule has 2 aromatic rings. The molecule has 1 fully saturated rings. The lowest BCUT2D eigenvalue weighted by Gasteiger charge is -2.38. The maximum Gasteiger partial charge on any atom is 0.373 e. The zero-order valence-corrected chi connectivity index (χ0v) is 55.2. The van der Waals surface area contributed by atoms with Gasteiger partial charge in [0, 0.05) is 108 Å². The first-order valence-corrected chi connectivity index (χ1v) is 31.9. The lowest BCUT2D eigenvalue weighted by atomic mass is 9.81. The number of rotatable bonds is 36. The van der Waals surface area contributed by atoms with Crippen molar-refractivity contribution in [2.45, 2.75) is 202 Å². The van der Waals surface area contributed by atoms with Crippen molar-refractivity contribution in [1.29, 1.82) is 0 Å². The molecule has 24 heteroatoms. The van der Waals surface area contributed by atoms with E-state index >= 15 is 0 Å². The molecule has 1 aliphatic heterocycles. The van der Waals surface area contributed by atoms with Crippen LogP contribution in [0.15, 0.2) is 23.6 Å². The van der Waals surface area contributed by atoms with Crippen molar-refractivity contribution in [3.05, 3.63) is 39.8 Å². The molecule has 0 saturated carbocycles. The number of anilines is 1. The molecule has 1 unspecified atom stereocenters. The van der Waals surface area contributed by atoms with Gasteiger partial charge in [0.15, 0.2) is 17.7 Å². The third-order valence-corrected chi connectivity index (χ3v) is 17.3. The van der Waals surface area contributed by atoms with Crippen LogP contribution in [0, 0.1) is 23.7 Å². The molecule has 0 bridgehead atoms. The second-order valence-electron chi connectivity index (χ2n) is 22.8. The number of hydrogen-bond donors (Lipinski definition) is 4. The van der Waals surface area contributed by atoms with E-state index in [-0.39, 0.29) is 113 Å². The number of phenols is 1. The minimum absolute atomic E-state index is 0.0206. The van der Waals surface area contributed by atoms with Crippen molar-refractivity contribution < 1.29 is 72.1 Å². The number of hydrogen-bond acceptors (Lipinski definition) is 19. The molecule has 1 aromatic carbocycles. The summed E-state index contributed by atoms with van der Waals surface area (Å²) < 4.78 is 11.0. The largest absolute Gasteiger partial charge is 0.506 e. The van der Waals surface area contributed by atoms with Crippen LogP contribution < -0.4 is 16.0 Å². The lowest BCUT2D eigenvalue weighted by molar-refractivity contribution is -0.192. The van der Waals surface area contributed by atoms with Crippen molar-refractivity contribution in [3.63, 3.8) is 0 Å². The van der Waals surface area contributed by atoms with Crippen molar-refractivity contribution in [3.8, 4) is 5.75 Å². The molecule has 1 aliphatic rings. The predicted octanol–water partition coefficient (Wildman–Crippen LogP) is 7.94. The van der Waals surface area contributed by atoms with Crippen LogP contribution in [0.25, 0.3) is 0 Å². The Bertz CT molecular complexity index is 2600. The summed E-state index contributed by atoms with van der Waals surface area (Å²) in [7, 11) is 5.43. The number of thioether (sulfide) groups is 1. The van der Waals surface area contributed by atoms with E-state index in [0.717, 1.165) is 18.4 Å². The van der Waals surface area contributed by atoms with E-state index in [1.54, 1.807) is 50.2 Å². The van der Waals surface area contributed by atoms with E-state index in [9.17, 15) is 53.1 Å². The lowest BCUT2D eigenvalue weighted by Crippen LogP contribution is -2.50. The number of carbonyl (C=O) groups is 10. The van der Waals surface area contributed by atoms with Crippen LogP contribution in [0.3, 0.4) is 0 Å². The van der Waals surface area contributed by atoms with E-state index in [4.69, 9.17) is 19.1 Å². The Kier molecular flexibility index (Phi) is 35.8. The Balaban J connectivity index is 0.00000134. The van der Waals surface area contributed by atoms with Crippen LogP contribution in [0.4, 0.5) is 5.69 Å². The fraction of sp³-hybridized carbons (Fsp3) is 0.677. The quantitative estimate of drug-likeness (QED) is 0.0218. The van der Waals surface area contributed by atoms with Crippen LogP contribution in [-0.2, 0) is 68.6 Å². The van der Waals surface area contributed by atoms with Gasteiger partial charge < -0.3 is 35.4 Å². The molecule has 0 aliphatic carbocycles. The number of carbonyl (C=O) groups excluding carboxylic acids is 12. The van der Waals surface area contributed by atoms with Crippen LogP contribution in [-0.4, -0.2) is 166 Å². The smallest absolute Gasteiger partial charge is 0.373 e. The molecule has 0 spiro atoms. The molecule has 1 aromatic heterocycles. The number of phenolic OH excluding ortho intramolecular Hbond substituents is 1. The van der Waals surface area contributed by atoms with E-state index in [1.807, 2.05) is 80.6 Å². The molecule has 22 nitrogen and oxygen atoms in total. The van der Waals surface area contributed by atoms with Crippen molar-refractivity contribution in [2.75, 3.05) is 52.5 Å². The van der Waals surface area contributed by atoms with Crippen LogP contribution >= 0.6 is 23.1 Å². The van der Waals surface area contributed by atoms with Gasteiger partial charge in [-0.3, -0.25) is 57.7 Å². The number of imide groups is 1. The molecule has 1 saturated heterocycles. The average Bonchev–Trinajstić information content (AvgIpc) is 2.07. The van der Waals surface area contributed by atoms with E-state index in [2.05, 4.69) is 20.9 Å². The van der Waals surface area contributed by atoms with Gasteiger partial charge in [-0.15, -0.1) is 11.3 Å². The van der Waals surface area contributed by atoms with Gasteiger partial charge in [-0.1, -0.05) is 67.4 Å². The van der Waals surface area contributed by atoms with Gasteiger partial charge in [-0.25, -0.2) is 4.98 Å². The summed E-state index contributed by atoms with van der Waals surface area (Å²) in [6.45, 7) is 23.4. The average molecular weight is 1240 g/mol. The standard InChI is InChI=1S/C47H74N6O9S.C14H23NO4S.CO2/c1-15-18-33(22-32-19-20-38(55)35(23-32)50-43(59)29(7)21-39(56)30(8)48-42(58)17-3)49-44(60)36-26-63-45(51-36)40(62-31(9)54)25-37(27(4)5)53(14)46(61)34(28(6)16-2)24-41(57)47(10,11)52(12)13;1-3-19-9-5-7-11(16)6-4-8-15-13(17)10-12(20-2)14(15)18;2-1-3/h19-20,23,26-30,33-34,37,40,55H,15-18,21-22,24-25H2,1-14H3,(H,48,58)(H,49,60)(H,50,59);12H,3-10H2,1-2H3;/t28-,29+,30-,33+,34-,37+,40+;;/m0../s1. The van der Waals surface area contributed by atoms with Crippen molar-refractivity contribution in [2.24, 2.45) is 23.7 Å². The topological polar surface area (TPSA) is 302 Å². The second kappa shape index (κ2) is 39.6. The Labute approximate surface area is 517 Å². The Morgan fingerprint density at radius 3 is 2.13 bits per heavy atom. The van der Waals surface area contributed by atoms with E-state index in [0.29, 0.717) is 69.7 Å². The van der Waals surface area contributed by atoms with Crippen molar-refractivity contribution >= 4 is 93.7 Å². The minimum atomic E-state index is -0.851. The molecular weight excluding hydrogens is 1150 g/mol. The summed E-state index contributed by atoms with van der Waals surface area (Å²) in [4.78, 5) is 152. The molecule has 86 heavy (non-hydrogen) atoms. The van der Waals surface area contributed by atoms with Gasteiger partial charge in [0.2, 0.25) is 29.5 Å². The number of Topliss-reactive ketones (excluding diaryl/α,β-unsaturated/α-hetero) is 3. The summed E-state index contributed by atoms with van der Waals surface area (Å²) in [5.74, 6) is -3.75. The number of aromatic nitrogens is 1. The number of thiazole rings is 1. The number of benzene rings is 1. The van der Waals surface area contributed by atoms with Crippen LogP contribution in [0.2, 0.25) is 0 Å². The van der Waals surface area contributed by atoms with Gasteiger partial charge >= 0.3 is 12.1 Å². The first kappa shape index (κ1) is 77.8. The Morgan fingerprint density at radius 2 is 1.58 bits per heavy atom. The zero-order valence-electron chi connectivity index (χ0n) is 53.6. The monoisotopic (exact) mass is 1240 g/mol. The van der Waals surface area contributed by atoms with Gasteiger partial charge in [0.25, 0.3) is 5.91 Å². The number of amides is 6. The maximum atomic E-state index is 14.3. The number of nitrogens with one attached hydrogen (secondary N) is 3. The molecule has 482 valence electrons. The van der Waals surface area contributed by atoms with Crippen molar-refractivity contribution in [1.82, 2.24) is 30.3 Å². The maximum absolute atomic E-state index is 14.3. The van der Waals surface area contributed by atoms with E-state index in [1.165, 1.54) is 41.0 Å². The molecule has 0 radical (unpaired) electrons. The third kappa shape index (κ3) is 26.0. The first-order valence-electron chi connectivity index (χ1n) is 29.7. The third-order valence-electron chi connectivity index (χ3n) is 15.4. The SMILES string of the molecule is CCC[C@H](Cc1ccc(O)c(NC(=O)[C@H](C)CC(=O)[C@H](C)NC(=O)CC)c1)NC(=O)c1csc([C@@H](C[C@H](C(C)C)N(C)C(=O)[C@@H](CC(=O)C(C)(C)N(C)C)[C@@H](C)CC)OC(C)=O)n1.CCOCCCC(=O)CCCN1C(=O)CC(SC)C1=O.O=C=O. The molecule has 6 amide bonds. The molecule has 8 atom stereocenters. The van der Waals surface area contributed by atoms with Gasteiger partial charge in [0.05, 0.1) is 22.5 Å². The van der Waals surface area contributed by atoms with Crippen LogP contribution in [0.1, 0.15) is 187 Å². The highest BCUT2D eigenvalue weighted by Gasteiger charge is 2.40. The molecule has 3 rings (SSSR count). The summed E-state index contributed by atoms with van der Waals surface area (Å²) in [5.41, 5.74) is 0.288. The molecule has 2 heterocycles. The highest BCUT2D eigenvalue weighted by molar-refractivity contribution is 8.00. The fourth-order valence-electron chi connectivity index (χ4n) is 9.30. The normalized spacial score (nSPS) is 15.5. The predicted molar refractivity (Wildman–Crippen MR) is 330 cm³/mol. The summed E-state index contributed by atoms with van der Waals surface area (Å²) in [5, 5.41) is 20.8. The highest BCUT2D eigenvalue weighted by atomic mass is 32.2. The van der Waals surface area contributed by atoms with Gasteiger partial charge in [0.1, 0.15) is 22.2 Å².